The van der Waals surface area contributed by atoms with Crippen LogP contribution in [0.1, 0.15) is 22.2 Å². The molecular formula is C23H19N3O3. The number of amides is 1. The van der Waals surface area contributed by atoms with Crippen LogP contribution in [-0.4, -0.2) is 41.1 Å². The summed E-state index contributed by atoms with van der Waals surface area (Å²) in [4.78, 5) is 19.1. The zero-order valence-electron chi connectivity index (χ0n) is 15.9. The van der Waals surface area contributed by atoms with Crippen LogP contribution in [0.4, 0.5) is 0 Å². The second-order valence-electron chi connectivity index (χ2n) is 7.13. The van der Waals surface area contributed by atoms with Crippen LogP contribution in [0.3, 0.4) is 0 Å². The molecule has 1 aliphatic rings. The molecule has 0 radical (unpaired) electrons. The van der Waals surface area contributed by atoms with E-state index in [2.05, 4.69) is 10.1 Å². The Labute approximate surface area is 167 Å². The largest absolute Gasteiger partial charge is 0.496 e. The van der Waals surface area contributed by atoms with Crippen LogP contribution in [-0.2, 0) is 0 Å². The summed E-state index contributed by atoms with van der Waals surface area (Å²) >= 11 is 0. The highest BCUT2D eigenvalue weighted by atomic mass is 16.5. The molecular weight excluding hydrogens is 366 g/mol. The van der Waals surface area contributed by atoms with E-state index in [-0.39, 0.29) is 11.8 Å². The summed E-state index contributed by atoms with van der Waals surface area (Å²) in [7, 11) is 1.61. The van der Waals surface area contributed by atoms with Crippen LogP contribution in [0, 0.1) is 0 Å². The van der Waals surface area contributed by atoms with E-state index in [1.807, 2.05) is 71.6 Å². The second kappa shape index (κ2) is 7.05. The van der Waals surface area contributed by atoms with Crippen molar-refractivity contribution in [3.63, 3.8) is 0 Å². The minimum atomic E-state index is 0.0245. The van der Waals surface area contributed by atoms with Crippen LogP contribution in [0.5, 0.6) is 5.75 Å². The summed E-state index contributed by atoms with van der Waals surface area (Å²) in [6.07, 6.45) is 0. The number of carbonyl (C=O) groups excluding carboxylic acids is 1. The Morgan fingerprint density at radius 2 is 1.79 bits per heavy atom. The molecule has 6 heteroatoms. The lowest BCUT2D eigenvalue weighted by molar-refractivity contribution is 0.0569. The maximum absolute atomic E-state index is 12.8. The molecule has 1 aromatic heterocycles. The van der Waals surface area contributed by atoms with Gasteiger partial charge in [0.1, 0.15) is 5.75 Å². The van der Waals surface area contributed by atoms with Crippen molar-refractivity contribution in [3.05, 3.63) is 78.2 Å². The van der Waals surface area contributed by atoms with Crippen molar-refractivity contribution in [2.24, 2.45) is 0 Å². The van der Waals surface area contributed by atoms with Gasteiger partial charge in [0.2, 0.25) is 11.7 Å². The normalized spacial score (nSPS) is 14.0. The molecule has 0 spiro atoms. The summed E-state index contributed by atoms with van der Waals surface area (Å²) in [5.74, 6) is 1.82. The number of carbonyl (C=O) groups is 1. The highest BCUT2D eigenvalue weighted by Gasteiger charge is 2.36. The smallest absolute Gasteiger partial charge is 0.253 e. The first-order valence-electron chi connectivity index (χ1n) is 9.48. The Hall–Kier alpha value is -3.67. The van der Waals surface area contributed by atoms with Crippen molar-refractivity contribution in [2.45, 2.75) is 5.92 Å². The molecule has 1 aliphatic heterocycles. The fourth-order valence-corrected chi connectivity index (χ4v) is 3.65. The van der Waals surface area contributed by atoms with E-state index in [1.165, 1.54) is 0 Å². The van der Waals surface area contributed by atoms with Crippen LogP contribution in [0.2, 0.25) is 0 Å². The van der Waals surface area contributed by atoms with Gasteiger partial charge in [0.05, 0.1) is 18.6 Å². The zero-order chi connectivity index (χ0) is 19.8. The molecule has 3 aromatic carbocycles. The van der Waals surface area contributed by atoms with Gasteiger partial charge in [-0.05, 0) is 35.0 Å². The summed E-state index contributed by atoms with van der Waals surface area (Å²) in [5, 5.41) is 6.28. The molecule has 0 aliphatic carbocycles. The van der Waals surface area contributed by atoms with Gasteiger partial charge in [-0.3, -0.25) is 4.79 Å². The molecule has 1 amide bonds. The highest BCUT2D eigenvalue weighted by Crippen LogP contribution is 2.32. The van der Waals surface area contributed by atoms with Gasteiger partial charge in [0.25, 0.3) is 5.91 Å². The van der Waals surface area contributed by atoms with Gasteiger partial charge in [-0.25, -0.2) is 0 Å². The molecule has 6 nitrogen and oxygen atoms in total. The Bertz CT molecular complexity index is 1190. The monoisotopic (exact) mass is 385 g/mol. The zero-order valence-corrected chi connectivity index (χ0v) is 15.9. The molecule has 0 bridgehead atoms. The Morgan fingerprint density at radius 1 is 1.03 bits per heavy atom. The Morgan fingerprint density at radius 3 is 2.62 bits per heavy atom. The minimum absolute atomic E-state index is 0.0245. The summed E-state index contributed by atoms with van der Waals surface area (Å²) in [6, 6.07) is 21.4. The van der Waals surface area contributed by atoms with Crippen LogP contribution < -0.4 is 4.74 Å². The third-order valence-corrected chi connectivity index (χ3v) is 5.30. The highest BCUT2D eigenvalue weighted by molar-refractivity contribution is 5.99. The van der Waals surface area contributed by atoms with Crippen LogP contribution in [0.25, 0.3) is 22.2 Å². The lowest BCUT2D eigenvalue weighted by atomic mass is 9.98. The third kappa shape index (κ3) is 3.12. The van der Waals surface area contributed by atoms with Gasteiger partial charge >= 0.3 is 0 Å². The summed E-state index contributed by atoms with van der Waals surface area (Å²) in [6.45, 7) is 1.14. The number of fused-ring (bicyclic) bond motifs is 1. The lowest BCUT2D eigenvalue weighted by Crippen LogP contribution is -2.48. The molecule has 144 valence electrons. The van der Waals surface area contributed by atoms with E-state index in [4.69, 9.17) is 9.26 Å². The molecule has 1 fully saturated rings. The van der Waals surface area contributed by atoms with Crippen molar-refractivity contribution in [1.82, 2.24) is 15.0 Å². The quantitative estimate of drug-likeness (QED) is 0.528. The first-order valence-corrected chi connectivity index (χ1v) is 9.48. The van der Waals surface area contributed by atoms with E-state index in [0.717, 1.165) is 16.3 Å². The molecule has 5 rings (SSSR count). The van der Waals surface area contributed by atoms with Crippen molar-refractivity contribution in [1.29, 1.82) is 0 Å². The average Bonchev–Trinajstić information content (AvgIpc) is 3.21. The topological polar surface area (TPSA) is 68.5 Å². The molecule has 0 saturated carbocycles. The first-order chi connectivity index (χ1) is 14.2. The molecule has 29 heavy (non-hydrogen) atoms. The average molecular weight is 385 g/mol. The second-order valence-corrected chi connectivity index (χ2v) is 7.13. The standard InChI is InChI=1S/C23H19N3O3/c1-28-20-9-5-4-8-19(20)21-24-22(29-25-21)18-13-26(14-18)23(27)17-11-10-15-6-2-3-7-16(15)12-17/h2-12,18H,13-14H2,1H3. The van der Waals surface area contributed by atoms with E-state index >= 15 is 0 Å². The SMILES string of the molecule is COc1ccccc1-c1noc(C2CN(C(=O)c3ccc4ccccc4c3)C2)n1. The Balaban J connectivity index is 1.29. The van der Waals surface area contributed by atoms with Crippen molar-refractivity contribution in [2.75, 3.05) is 20.2 Å². The predicted octanol–water partition coefficient (Wildman–Crippen LogP) is 4.14. The maximum Gasteiger partial charge on any atom is 0.253 e. The fraction of sp³-hybridized carbons (Fsp3) is 0.174. The number of hydrogen-bond acceptors (Lipinski definition) is 5. The fourth-order valence-electron chi connectivity index (χ4n) is 3.65. The number of hydrogen-bond donors (Lipinski definition) is 0. The van der Waals surface area contributed by atoms with Crippen LogP contribution in [0.15, 0.2) is 71.3 Å². The van der Waals surface area contributed by atoms with E-state index in [1.54, 1.807) is 7.11 Å². The van der Waals surface area contributed by atoms with E-state index in [9.17, 15) is 4.79 Å². The van der Waals surface area contributed by atoms with Gasteiger partial charge in [-0.1, -0.05) is 47.6 Å². The third-order valence-electron chi connectivity index (χ3n) is 5.30. The number of nitrogens with zero attached hydrogens (tertiary/aromatic N) is 3. The number of likely N-dealkylation sites (tertiary alicyclic amines) is 1. The van der Waals surface area contributed by atoms with E-state index < -0.39 is 0 Å². The number of ether oxygens (including phenoxy) is 1. The number of para-hydroxylation sites is 1. The maximum atomic E-state index is 12.8. The Kier molecular flexibility index (Phi) is 4.24. The molecule has 1 saturated heterocycles. The van der Waals surface area contributed by atoms with Gasteiger partial charge in [0, 0.05) is 18.7 Å². The predicted molar refractivity (Wildman–Crippen MR) is 109 cm³/mol. The molecule has 0 unspecified atom stereocenters. The lowest BCUT2D eigenvalue weighted by Gasteiger charge is -2.37. The summed E-state index contributed by atoms with van der Waals surface area (Å²) < 4.78 is 10.8. The number of rotatable bonds is 4. The minimum Gasteiger partial charge on any atom is -0.496 e. The molecule has 0 atom stereocenters. The van der Waals surface area contributed by atoms with Gasteiger partial charge < -0.3 is 14.2 Å². The van der Waals surface area contributed by atoms with Crippen molar-refractivity contribution < 1.29 is 14.1 Å². The van der Waals surface area contributed by atoms with Crippen molar-refractivity contribution in [3.8, 4) is 17.1 Å². The van der Waals surface area contributed by atoms with Gasteiger partial charge in [0.15, 0.2) is 0 Å². The number of aromatic nitrogens is 2. The molecule has 0 N–H and O–H groups in total. The van der Waals surface area contributed by atoms with Gasteiger partial charge in [-0.15, -0.1) is 0 Å². The van der Waals surface area contributed by atoms with Crippen molar-refractivity contribution >= 4 is 16.7 Å². The number of benzene rings is 3. The molecule has 4 aromatic rings. The molecule has 2 heterocycles. The number of methoxy groups -OCH3 is 1. The van der Waals surface area contributed by atoms with E-state index in [0.29, 0.717) is 36.1 Å². The summed E-state index contributed by atoms with van der Waals surface area (Å²) in [5.41, 5.74) is 1.48. The van der Waals surface area contributed by atoms with Gasteiger partial charge in [-0.2, -0.15) is 4.98 Å². The van der Waals surface area contributed by atoms with Crippen LogP contribution >= 0.6 is 0 Å². The first kappa shape index (κ1) is 17.4.